The van der Waals surface area contributed by atoms with Crippen molar-refractivity contribution in [2.45, 2.75) is 58.0 Å². The Balaban J connectivity index is 1.44. The summed E-state index contributed by atoms with van der Waals surface area (Å²) in [5, 5.41) is 0. The monoisotopic (exact) mass is 386 g/mol. The summed E-state index contributed by atoms with van der Waals surface area (Å²) in [5.41, 5.74) is -0.111. The molecule has 2 aliphatic heterocycles. The average molecular weight is 387 g/mol. The standard InChI is InChI=1S/C23H34N2O3/c1-22-9-7-20(26)24(3)19(22)5-4-15-16(22)6-8-23(2)17(15)14-18(21(23)27)25-10-12-28-13-11-25/h7,9,15-19H,4-6,8,10-14H2,1-3H3/t15-,16-,17+,18?,19?,22-,23+/m1/s1. The van der Waals surface area contributed by atoms with Crippen molar-refractivity contribution < 1.29 is 14.3 Å². The minimum absolute atomic E-state index is 0.0486. The van der Waals surface area contributed by atoms with Gasteiger partial charge in [0.15, 0.2) is 5.78 Å². The first-order chi connectivity index (χ1) is 13.4. The second kappa shape index (κ2) is 6.40. The van der Waals surface area contributed by atoms with Gasteiger partial charge >= 0.3 is 0 Å². The molecule has 28 heavy (non-hydrogen) atoms. The molecule has 2 heterocycles. The summed E-state index contributed by atoms with van der Waals surface area (Å²) in [6, 6.07) is 0.400. The first kappa shape index (κ1) is 18.8. The van der Waals surface area contributed by atoms with E-state index in [1.807, 2.05) is 11.9 Å². The van der Waals surface area contributed by atoms with Gasteiger partial charge in [0.05, 0.1) is 19.3 Å². The molecule has 0 N–H and O–H groups in total. The number of ether oxygens (including phenoxy) is 1. The van der Waals surface area contributed by atoms with Crippen molar-refractivity contribution in [2.75, 3.05) is 33.4 Å². The number of likely N-dealkylation sites (N-methyl/N-ethyl adjacent to an activating group) is 1. The summed E-state index contributed by atoms with van der Waals surface area (Å²) in [7, 11) is 1.97. The van der Waals surface area contributed by atoms with Crippen LogP contribution in [0.2, 0.25) is 0 Å². The van der Waals surface area contributed by atoms with E-state index in [2.05, 4.69) is 24.8 Å². The Bertz CT molecular complexity index is 715. The molecule has 0 aromatic carbocycles. The Morgan fingerprint density at radius 1 is 1.07 bits per heavy atom. The number of ketones is 1. The van der Waals surface area contributed by atoms with E-state index < -0.39 is 0 Å². The van der Waals surface area contributed by atoms with E-state index in [9.17, 15) is 9.59 Å². The van der Waals surface area contributed by atoms with Crippen molar-refractivity contribution in [3.8, 4) is 0 Å². The maximum Gasteiger partial charge on any atom is 0.246 e. The van der Waals surface area contributed by atoms with Gasteiger partial charge in [0, 0.05) is 37.0 Å². The molecule has 154 valence electrons. The van der Waals surface area contributed by atoms with Crippen molar-refractivity contribution >= 4 is 11.7 Å². The number of morpholine rings is 1. The van der Waals surface area contributed by atoms with Crippen LogP contribution in [0.5, 0.6) is 0 Å². The highest BCUT2D eigenvalue weighted by Crippen LogP contribution is 2.63. The number of rotatable bonds is 1. The summed E-state index contributed by atoms with van der Waals surface area (Å²) < 4.78 is 5.52. The van der Waals surface area contributed by atoms with Crippen LogP contribution in [0.15, 0.2) is 12.2 Å². The average Bonchev–Trinajstić information content (AvgIpc) is 2.97. The van der Waals surface area contributed by atoms with Crippen LogP contribution in [-0.2, 0) is 14.3 Å². The van der Waals surface area contributed by atoms with E-state index in [1.54, 1.807) is 6.08 Å². The highest BCUT2D eigenvalue weighted by atomic mass is 16.5. The lowest BCUT2D eigenvalue weighted by atomic mass is 9.48. The van der Waals surface area contributed by atoms with Gasteiger partial charge < -0.3 is 9.64 Å². The van der Waals surface area contributed by atoms with Crippen LogP contribution in [0, 0.1) is 28.6 Å². The van der Waals surface area contributed by atoms with Gasteiger partial charge in [-0.25, -0.2) is 0 Å². The van der Waals surface area contributed by atoms with Crippen LogP contribution in [-0.4, -0.2) is 66.9 Å². The van der Waals surface area contributed by atoms with Crippen LogP contribution in [0.25, 0.3) is 0 Å². The molecule has 3 aliphatic carbocycles. The quantitative estimate of drug-likeness (QED) is 0.695. The fourth-order valence-electron chi connectivity index (χ4n) is 7.73. The molecule has 5 aliphatic rings. The second-order valence-electron chi connectivity index (χ2n) is 10.3. The van der Waals surface area contributed by atoms with Gasteiger partial charge in [0.1, 0.15) is 0 Å². The van der Waals surface area contributed by atoms with Gasteiger partial charge in [-0.05, 0) is 55.9 Å². The van der Waals surface area contributed by atoms with Crippen molar-refractivity contribution in [1.29, 1.82) is 0 Å². The predicted molar refractivity (Wildman–Crippen MR) is 107 cm³/mol. The Morgan fingerprint density at radius 2 is 1.82 bits per heavy atom. The molecule has 0 aromatic heterocycles. The lowest BCUT2D eigenvalue weighted by molar-refractivity contribution is -0.142. The third-order valence-electron chi connectivity index (χ3n) is 9.35. The fourth-order valence-corrected chi connectivity index (χ4v) is 7.73. The van der Waals surface area contributed by atoms with Gasteiger partial charge in [-0.15, -0.1) is 0 Å². The molecule has 7 atom stereocenters. The molecule has 0 spiro atoms. The van der Waals surface area contributed by atoms with Crippen molar-refractivity contribution in [3.63, 3.8) is 0 Å². The number of nitrogens with zero attached hydrogens (tertiary/aromatic N) is 2. The minimum atomic E-state index is -0.159. The molecule has 1 saturated heterocycles. The predicted octanol–water partition coefficient (Wildman–Crippen LogP) is 2.51. The molecule has 3 saturated carbocycles. The molecule has 5 heteroatoms. The fraction of sp³-hybridized carbons (Fsp3) is 0.826. The van der Waals surface area contributed by atoms with Crippen molar-refractivity contribution in [2.24, 2.45) is 28.6 Å². The molecule has 4 fully saturated rings. The number of hydrogen-bond acceptors (Lipinski definition) is 4. The Kier molecular flexibility index (Phi) is 4.30. The van der Waals surface area contributed by atoms with E-state index in [4.69, 9.17) is 4.74 Å². The van der Waals surface area contributed by atoms with Crippen LogP contribution in [0.3, 0.4) is 0 Å². The topological polar surface area (TPSA) is 49.9 Å². The smallest absolute Gasteiger partial charge is 0.246 e. The van der Waals surface area contributed by atoms with Gasteiger partial charge in [-0.3, -0.25) is 14.5 Å². The zero-order valence-electron chi connectivity index (χ0n) is 17.5. The summed E-state index contributed by atoms with van der Waals surface area (Å²) in [6.07, 6.45) is 9.37. The van der Waals surface area contributed by atoms with Gasteiger partial charge in [0.2, 0.25) is 5.91 Å². The third-order valence-corrected chi connectivity index (χ3v) is 9.35. The normalized spacial score (nSPS) is 49.0. The Hall–Kier alpha value is -1.20. The van der Waals surface area contributed by atoms with E-state index >= 15 is 0 Å². The molecule has 5 nitrogen and oxygen atoms in total. The second-order valence-corrected chi connectivity index (χ2v) is 10.3. The lowest BCUT2D eigenvalue weighted by Crippen LogP contribution is -2.59. The molecule has 0 radical (unpaired) electrons. The molecule has 1 amide bonds. The molecular weight excluding hydrogens is 352 g/mol. The van der Waals surface area contributed by atoms with Crippen LogP contribution in [0.4, 0.5) is 0 Å². The van der Waals surface area contributed by atoms with Crippen LogP contribution in [0.1, 0.15) is 46.0 Å². The Morgan fingerprint density at radius 3 is 2.57 bits per heavy atom. The maximum absolute atomic E-state index is 13.5. The maximum atomic E-state index is 13.5. The van der Waals surface area contributed by atoms with E-state index in [0.29, 0.717) is 29.6 Å². The zero-order valence-corrected chi connectivity index (χ0v) is 17.5. The Labute approximate surface area is 168 Å². The molecular formula is C23H34N2O3. The van der Waals surface area contributed by atoms with Crippen LogP contribution < -0.4 is 0 Å². The number of hydrogen-bond donors (Lipinski definition) is 0. The van der Waals surface area contributed by atoms with Crippen LogP contribution >= 0.6 is 0 Å². The number of carbonyl (C=O) groups excluding carboxylic acids is 2. The number of Topliss-reactive ketones (excluding diaryl/α,β-unsaturated/α-hetero) is 1. The summed E-state index contributed by atoms with van der Waals surface area (Å²) in [5.74, 6) is 2.30. The summed E-state index contributed by atoms with van der Waals surface area (Å²) in [6.45, 7) is 7.92. The highest BCUT2D eigenvalue weighted by molar-refractivity contribution is 5.92. The van der Waals surface area contributed by atoms with E-state index in [-0.39, 0.29) is 22.8 Å². The molecule has 5 rings (SSSR count). The summed E-state index contributed by atoms with van der Waals surface area (Å²) in [4.78, 5) is 30.1. The van der Waals surface area contributed by atoms with E-state index in [0.717, 1.165) is 58.4 Å². The van der Waals surface area contributed by atoms with Crippen molar-refractivity contribution in [1.82, 2.24) is 9.80 Å². The highest BCUT2D eigenvalue weighted by Gasteiger charge is 2.63. The SMILES string of the molecule is CN1C(=O)C=C[C@@]2(C)C1CC[C@@H]1[C@H]2CC[C@]2(C)C(=O)C(N3CCOCC3)C[C@@H]12. The first-order valence-corrected chi connectivity index (χ1v) is 11.2. The minimum Gasteiger partial charge on any atom is -0.379 e. The largest absolute Gasteiger partial charge is 0.379 e. The van der Waals surface area contributed by atoms with Gasteiger partial charge in [0.25, 0.3) is 0 Å². The zero-order chi connectivity index (χ0) is 19.7. The molecule has 0 bridgehead atoms. The van der Waals surface area contributed by atoms with E-state index in [1.165, 1.54) is 0 Å². The number of amides is 1. The first-order valence-electron chi connectivity index (χ1n) is 11.2. The number of carbonyl (C=O) groups is 2. The molecule has 2 unspecified atom stereocenters. The summed E-state index contributed by atoms with van der Waals surface area (Å²) >= 11 is 0. The molecule has 0 aromatic rings. The number of fused-ring (bicyclic) bond motifs is 5. The lowest BCUT2D eigenvalue weighted by Gasteiger charge is -2.59. The van der Waals surface area contributed by atoms with Crippen molar-refractivity contribution in [3.05, 3.63) is 12.2 Å². The van der Waals surface area contributed by atoms with Gasteiger partial charge in [-0.1, -0.05) is 19.9 Å². The third kappa shape index (κ3) is 2.44. The van der Waals surface area contributed by atoms with Gasteiger partial charge in [-0.2, -0.15) is 0 Å².